The molecule has 1 aromatic carbocycles. The fourth-order valence-corrected chi connectivity index (χ4v) is 2.51. The zero-order valence-electron chi connectivity index (χ0n) is 10.1. The van der Waals surface area contributed by atoms with E-state index in [1.807, 2.05) is 0 Å². The van der Waals surface area contributed by atoms with E-state index in [1.54, 1.807) is 0 Å². The maximum Gasteiger partial charge on any atom is 0.356 e. The second-order valence-electron chi connectivity index (χ2n) is 3.78. The Morgan fingerprint density at radius 2 is 2.15 bits per heavy atom. The lowest BCUT2D eigenvalue weighted by molar-refractivity contribution is 0.0687. The topological polar surface area (TPSA) is 79.3 Å². The van der Waals surface area contributed by atoms with E-state index in [1.165, 1.54) is 25.1 Å². The number of carbonyl (C=O) groups excluding carboxylic acids is 1. The number of carbonyl (C=O) groups is 2. The molecule has 0 aliphatic heterocycles. The third-order valence-electron chi connectivity index (χ3n) is 2.34. The normalized spacial score (nSPS) is 10.3. The summed E-state index contributed by atoms with van der Waals surface area (Å²) in [6.07, 6.45) is 0. The highest BCUT2D eigenvalue weighted by molar-refractivity contribution is 7.17. The predicted octanol–water partition coefficient (Wildman–Crippen LogP) is 3.58. The van der Waals surface area contributed by atoms with Crippen LogP contribution >= 0.6 is 22.9 Å². The van der Waals surface area contributed by atoms with Crippen molar-refractivity contribution in [1.29, 1.82) is 0 Å². The Kier molecular flexibility index (Phi) is 4.01. The largest absolute Gasteiger partial charge is 0.476 e. The van der Waals surface area contributed by atoms with Crippen LogP contribution in [0.5, 0.6) is 0 Å². The second kappa shape index (κ2) is 5.56. The number of hydrogen-bond acceptors (Lipinski definition) is 5. The molecular weight excluding hydrogens is 307 g/mol. The summed E-state index contributed by atoms with van der Waals surface area (Å²) in [5.41, 5.74) is -0.300. The molecular formula is C12H8ClFN2O3S. The number of nitrogens with zero attached hydrogens (tertiary/aromatic N) is 1. The highest BCUT2D eigenvalue weighted by atomic mass is 35.5. The first-order valence-electron chi connectivity index (χ1n) is 5.36. The van der Waals surface area contributed by atoms with Crippen molar-refractivity contribution in [3.63, 3.8) is 0 Å². The van der Waals surface area contributed by atoms with E-state index >= 15 is 0 Å². The quantitative estimate of drug-likeness (QED) is 0.843. The van der Waals surface area contributed by atoms with Crippen molar-refractivity contribution < 1.29 is 19.1 Å². The number of aromatic carboxylic acids is 1. The molecule has 0 aliphatic carbocycles. The summed E-state index contributed by atoms with van der Waals surface area (Å²) >= 11 is 6.48. The lowest BCUT2D eigenvalue weighted by atomic mass is 10.3. The first-order valence-corrected chi connectivity index (χ1v) is 6.55. The highest BCUT2D eigenvalue weighted by Gasteiger charge is 2.21. The van der Waals surface area contributed by atoms with Crippen molar-refractivity contribution in [2.24, 2.45) is 0 Å². The SMILES string of the molecule is CC(=O)c1sc(Nc2cccc(Cl)c2F)nc1C(=O)O. The number of anilines is 2. The third-order valence-corrected chi connectivity index (χ3v) is 3.71. The van der Waals surface area contributed by atoms with Crippen LogP contribution in [0, 0.1) is 5.82 Å². The van der Waals surface area contributed by atoms with Crippen LogP contribution < -0.4 is 5.32 Å². The van der Waals surface area contributed by atoms with Crippen molar-refractivity contribution in [3.05, 3.63) is 39.6 Å². The van der Waals surface area contributed by atoms with Gasteiger partial charge in [0.05, 0.1) is 10.7 Å². The van der Waals surface area contributed by atoms with E-state index in [4.69, 9.17) is 16.7 Å². The molecule has 5 nitrogen and oxygen atoms in total. The molecule has 2 N–H and O–H groups in total. The van der Waals surface area contributed by atoms with Gasteiger partial charge in [-0.3, -0.25) is 4.79 Å². The van der Waals surface area contributed by atoms with Gasteiger partial charge in [-0.15, -0.1) is 0 Å². The van der Waals surface area contributed by atoms with Crippen LogP contribution in [0.4, 0.5) is 15.2 Å². The van der Waals surface area contributed by atoms with Gasteiger partial charge in [0.15, 0.2) is 22.4 Å². The highest BCUT2D eigenvalue weighted by Crippen LogP contribution is 2.29. The van der Waals surface area contributed by atoms with Gasteiger partial charge in [-0.2, -0.15) is 0 Å². The van der Waals surface area contributed by atoms with Gasteiger partial charge in [0.1, 0.15) is 4.88 Å². The molecule has 8 heteroatoms. The van der Waals surface area contributed by atoms with Crippen molar-refractivity contribution in [2.45, 2.75) is 6.92 Å². The van der Waals surface area contributed by atoms with E-state index in [0.717, 1.165) is 11.3 Å². The molecule has 2 aromatic rings. The van der Waals surface area contributed by atoms with E-state index in [2.05, 4.69) is 10.3 Å². The van der Waals surface area contributed by atoms with Gasteiger partial charge in [-0.25, -0.2) is 14.2 Å². The summed E-state index contributed by atoms with van der Waals surface area (Å²) in [5.74, 6) is -2.41. The number of ketones is 1. The second-order valence-corrected chi connectivity index (χ2v) is 5.19. The number of Topliss-reactive ketones (excluding diaryl/α,β-unsaturated/α-hetero) is 1. The number of carboxylic acid groups (broad SMARTS) is 1. The Balaban J connectivity index is 2.40. The van der Waals surface area contributed by atoms with Crippen LogP contribution in [0.25, 0.3) is 0 Å². The van der Waals surface area contributed by atoms with Crippen LogP contribution in [0.15, 0.2) is 18.2 Å². The number of halogens is 2. The summed E-state index contributed by atoms with van der Waals surface area (Å²) in [6, 6.07) is 4.34. The summed E-state index contributed by atoms with van der Waals surface area (Å²) in [7, 11) is 0. The fraction of sp³-hybridized carbons (Fsp3) is 0.0833. The van der Waals surface area contributed by atoms with E-state index in [0.29, 0.717) is 0 Å². The van der Waals surface area contributed by atoms with E-state index in [9.17, 15) is 14.0 Å². The van der Waals surface area contributed by atoms with Gasteiger partial charge < -0.3 is 10.4 Å². The van der Waals surface area contributed by atoms with Gasteiger partial charge in [0, 0.05) is 6.92 Å². The molecule has 20 heavy (non-hydrogen) atoms. The zero-order valence-corrected chi connectivity index (χ0v) is 11.7. The minimum absolute atomic E-state index is 0.00226. The summed E-state index contributed by atoms with van der Waals surface area (Å²) in [6.45, 7) is 1.24. The van der Waals surface area contributed by atoms with Crippen molar-refractivity contribution in [3.8, 4) is 0 Å². The van der Waals surface area contributed by atoms with Crippen LogP contribution in [0.2, 0.25) is 5.02 Å². The molecule has 0 radical (unpaired) electrons. The minimum atomic E-state index is -1.31. The molecule has 0 atom stereocenters. The molecule has 0 saturated carbocycles. The Bertz CT molecular complexity index is 671. The van der Waals surface area contributed by atoms with Crippen molar-refractivity contribution in [1.82, 2.24) is 4.98 Å². The van der Waals surface area contributed by atoms with E-state index in [-0.39, 0.29) is 26.4 Å². The molecule has 0 bridgehead atoms. The standard InChI is InChI=1S/C12H8ClFN2O3S/c1-5(17)10-9(11(18)19)16-12(20-10)15-7-4-2-3-6(13)8(7)14/h2-4H,1H3,(H,15,16)(H,18,19). The van der Waals surface area contributed by atoms with Crippen molar-refractivity contribution in [2.75, 3.05) is 5.32 Å². The summed E-state index contributed by atoms with van der Waals surface area (Å²) in [5, 5.41) is 11.6. The van der Waals surface area contributed by atoms with Gasteiger partial charge in [0.2, 0.25) is 0 Å². The Hall–Kier alpha value is -1.99. The minimum Gasteiger partial charge on any atom is -0.476 e. The van der Waals surface area contributed by atoms with E-state index < -0.39 is 17.6 Å². The van der Waals surface area contributed by atoms with Gasteiger partial charge in [-0.1, -0.05) is 29.0 Å². The lowest BCUT2D eigenvalue weighted by Gasteiger charge is -2.04. The molecule has 1 aromatic heterocycles. The maximum atomic E-state index is 13.7. The van der Waals surface area contributed by atoms with Gasteiger partial charge in [0.25, 0.3) is 0 Å². The maximum absolute atomic E-state index is 13.7. The monoisotopic (exact) mass is 314 g/mol. The number of nitrogens with one attached hydrogen (secondary N) is 1. The zero-order chi connectivity index (χ0) is 14.9. The number of benzene rings is 1. The fourth-order valence-electron chi connectivity index (χ4n) is 1.47. The number of thiazole rings is 1. The molecule has 0 unspecified atom stereocenters. The smallest absolute Gasteiger partial charge is 0.356 e. The predicted molar refractivity (Wildman–Crippen MR) is 73.8 cm³/mol. The first kappa shape index (κ1) is 14.4. The first-order chi connectivity index (χ1) is 9.40. The van der Waals surface area contributed by atoms with Crippen LogP contribution in [-0.4, -0.2) is 21.8 Å². The average Bonchev–Trinajstić information content (AvgIpc) is 2.79. The van der Waals surface area contributed by atoms with Crippen LogP contribution in [0.3, 0.4) is 0 Å². The van der Waals surface area contributed by atoms with Crippen LogP contribution in [-0.2, 0) is 0 Å². The van der Waals surface area contributed by atoms with Gasteiger partial charge in [-0.05, 0) is 12.1 Å². The Morgan fingerprint density at radius 1 is 1.45 bits per heavy atom. The molecule has 0 amide bonds. The molecule has 0 saturated heterocycles. The number of rotatable bonds is 4. The van der Waals surface area contributed by atoms with Crippen LogP contribution in [0.1, 0.15) is 27.1 Å². The average molecular weight is 315 g/mol. The number of aromatic nitrogens is 1. The number of carboxylic acids is 1. The third kappa shape index (κ3) is 2.78. The summed E-state index contributed by atoms with van der Waals surface area (Å²) < 4.78 is 13.7. The van der Waals surface area contributed by atoms with Crippen molar-refractivity contribution >= 4 is 45.5 Å². The Labute approximate surface area is 122 Å². The lowest BCUT2D eigenvalue weighted by Crippen LogP contribution is -2.03. The summed E-state index contributed by atoms with van der Waals surface area (Å²) in [4.78, 5) is 26.1. The molecule has 104 valence electrons. The molecule has 0 fully saturated rings. The Morgan fingerprint density at radius 3 is 2.70 bits per heavy atom. The van der Waals surface area contributed by atoms with Gasteiger partial charge >= 0.3 is 5.97 Å². The molecule has 2 rings (SSSR count). The molecule has 0 aliphatic rings. The molecule has 1 heterocycles. The number of hydrogen-bond donors (Lipinski definition) is 2. The molecule has 0 spiro atoms.